The molecule has 1 aliphatic rings. The van der Waals surface area contributed by atoms with Crippen molar-refractivity contribution >= 4 is 39.1 Å². The van der Waals surface area contributed by atoms with Crippen molar-refractivity contribution in [2.24, 2.45) is 0 Å². The number of para-hydroxylation sites is 2. The molecule has 1 aromatic heterocycles. The third kappa shape index (κ3) is 4.92. The van der Waals surface area contributed by atoms with Gasteiger partial charge in [-0.25, -0.2) is 0 Å². The Bertz CT molecular complexity index is 1420. The van der Waals surface area contributed by atoms with E-state index in [-0.39, 0.29) is 11.3 Å². The van der Waals surface area contributed by atoms with Gasteiger partial charge in [0.2, 0.25) is 0 Å². The number of carbonyl (C=O) groups excluding carboxylic acids is 1. The molecule has 180 valence electrons. The summed E-state index contributed by atoms with van der Waals surface area (Å²) in [6.07, 6.45) is 0. The van der Waals surface area contributed by atoms with E-state index in [0.29, 0.717) is 21.9 Å². The van der Waals surface area contributed by atoms with Gasteiger partial charge in [0.15, 0.2) is 5.43 Å². The van der Waals surface area contributed by atoms with Crippen LogP contribution in [-0.4, -0.2) is 74.1 Å². The topological polar surface area (TPSA) is 71.7 Å². The summed E-state index contributed by atoms with van der Waals surface area (Å²) in [4.78, 5) is 36.6. The van der Waals surface area contributed by atoms with Gasteiger partial charge in [0.25, 0.3) is 5.91 Å². The average Bonchev–Trinajstić information content (AvgIpc) is 2.88. The van der Waals surface area contributed by atoms with Crippen LogP contribution in [0.25, 0.3) is 21.8 Å². The van der Waals surface area contributed by atoms with Gasteiger partial charge < -0.3 is 20.1 Å². The van der Waals surface area contributed by atoms with Crippen molar-refractivity contribution in [1.29, 1.82) is 0 Å². The van der Waals surface area contributed by atoms with Crippen LogP contribution in [0.1, 0.15) is 10.4 Å². The van der Waals surface area contributed by atoms with E-state index >= 15 is 0 Å². The Morgan fingerprint density at radius 2 is 1.69 bits per heavy atom. The highest BCUT2D eigenvalue weighted by Gasteiger charge is 2.18. The highest BCUT2D eigenvalue weighted by Crippen LogP contribution is 2.23. The maximum atomic E-state index is 13.3. The highest BCUT2D eigenvalue weighted by atomic mass is 16.1. The van der Waals surface area contributed by atoms with Crippen LogP contribution in [0, 0.1) is 0 Å². The fourth-order valence-corrected chi connectivity index (χ4v) is 4.69. The number of H-pyrrole nitrogens is 1. The van der Waals surface area contributed by atoms with Crippen molar-refractivity contribution in [3.05, 3.63) is 82.5 Å². The zero-order valence-electron chi connectivity index (χ0n) is 20.3. The molecule has 0 atom stereocenters. The van der Waals surface area contributed by atoms with Crippen molar-refractivity contribution in [1.82, 2.24) is 14.8 Å². The Morgan fingerprint density at radius 1 is 0.943 bits per heavy atom. The zero-order valence-corrected chi connectivity index (χ0v) is 20.3. The number of amides is 1. The van der Waals surface area contributed by atoms with Gasteiger partial charge in [0.05, 0.1) is 11.1 Å². The molecule has 7 nitrogen and oxygen atoms in total. The number of benzene rings is 3. The Kier molecular flexibility index (Phi) is 6.53. The molecule has 0 spiro atoms. The maximum absolute atomic E-state index is 13.3. The van der Waals surface area contributed by atoms with Crippen molar-refractivity contribution in [2.75, 3.05) is 63.6 Å². The van der Waals surface area contributed by atoms with Crippen LogP contribution in [0.5, 0.6) is 0 Å². The number of likely N-dealkylation sites (N-methyl/N-ethyl adjacent to an activating group) is 1. The first-order chi connectivity index (χ1) is 17.0. The quantitative estimate of drug-likeness (QED) is 0.422. The molecule has 7 heteroatoms. The monoisotopic (exact) mass is 469 g/mol. The summed E-state index contributed by atoms with van der Waals surface area (Å²) < 4.78 is 0. The zero-order chi connectivity index (χ0) is 24.4. The average molecular weight is 470 g/mol. The predicted octanol–water partition coefficient (Wildman–Crippen LogP) is 3.62. The molecule has 0 bridgehead atoms. The predicted molar refractivity (Wildman–Crippen MR) is 144 cm³/mol. The molecule has 1 fully saturated rings. The van der Waals surface area contributed by atoms with Gasteiger partial charge in [0.1, 0.15) is 0 Å². The van der Waals surface area contributed by atoms with Crippen molar-refractivity contribution in [3.8, 4) is 0 Å². The first-order valence-electron chi connectivity index (χ1n) is 12.1. The van der Waals surface area contributed by atoms with E-state index in [0.717, 1.165) is 56.2 Å². The Balaban J connectivity index is 1.34. The fraction of sp³-hybridized carbons (Fsp3) is 0.286. The number of nitrogens with one attached hydrogen (secondary N) is 2. The molecular formula is C28H31N5O2. The van der Waals surface area contributed by atoms with E-state index in [1.807, 2.05) is 36.4 Å². The van der Waals surface area contributed by atoms with E-state index in [4.69, 9.17) is 0 Å². The van der Waals surface area contributed by atoms with Crippen molar-refractivity contribution in [2.45, 2.75) is 0 Å². The number of pyridine rings is 1. The van der Waals surface area contributed by atoms with E-state index < -0.39 is 0 Å². The smallest absolute Gasteiger partial charge is 0.257 e. The van der Waals surface area contributed by atoms with Gasteiger partial charge in [0, 0.05) is 66.9 Å². The van der Waals surface area contributed by atoms with Crippen LogP contribution in [0.2, 0.25) is 0 Å². The molecule has 0 unspecified atom stereocenters. The minimum atomic E-state index is -0.243. The van der Waals surface area contributed by atoms with Crippen LogP contribution in [0.3, 0.4) is 0 Å². The van der Waals surface area contributed by atoms with Gasteiger partial charge in [-0.05, 0) is 56.6 Å². The lowest BCUT2D eigenvalue weighted by Gasteiger charge is -2.36. The maximum Gasteiger partial charge on any atom is 0.257 e. The molecule has 1 amide bonds. The summed E-state index contributed by atoms with van der Waals surface area (Å²) in [5.41, 5.74) is 3.49. The standard InChI is InChI=1S/C28H31N5O2/c1-31(2)13-14-32-15-17-33(18-16-32)21-8-5-7-20(19-21)29-28(35)24-11-6-10-23-26(24)30-25-12-4-3-9-22(25)27(23)34/h3-12,19H,13-18H2,1-2H3,(H,29,35)(H,30,34). The number of nitrogens with zero attached hydrogens (tertiary/aromatic N) is 3. The number of rotatable bonds is 6. The summed E-state index contributed by atoms with van der Waals surface area (Å²) in [6, 6.07) is 20.6. The second-order valence-electron chi connectivity index (χ2n) is 9.36. The van der Waals surface area contributed by atoms with E-state index in [1.54, 1.807) is 24.3 Å². The first-order valence-corrected chi connectivity index (χ1v) is 12.1. The number of anilines is 2. The van der Waals surface area contributed by atoms with Gasteiger partial charge in [-0.1, -0.05) is 24.3 Å². The summed E-state index contributed by atoms with van der Waals surface area (Å²) in [6.45, 7) is 6.13. The van der Waals surface area contributed by atoms with Gasteiger partial charge in [-0.15, -0.1) is 0 Å². The SMILES string of the molecule is CN(C)CCN1CCN(c2cccc(NC(=O)c3cccc4c(=O)c5ccccc5[nH]c34)c2)CC1. The second kappa shape index (κ2) is 9.90. The van der Waals surface area contributed by atoms with Gasteiger partial charge >= 0.3 is 0 Å². The van der Waals surface area contributed by atoms with E-state index in [1.165, 1.54) is 0 Å². The Morgan fingerprint density at radius 3 is 2.49 bits per heavy atom. The molecule has 2 heterocycles. The van der Waals surface area contributed by atoms with Gasteiger partial charge in [-0.3, -0.25) is 14.5 Å². The molecule has 4 aromatic rings. The highest BCUT2D eigenvalue weighted by molar-refractivity contribution is 6.13. The van der Waals surface area contributed by atoms with E-state index in [2.05, 4.69) is 45.2 Å². The fourth-order valence-electron chi connectivity index (χ4n) is 4.69. The first kappa shape index (κ1) is 23.1. The third-order valence-corrected chi connectivity index (χ3v) is 6.69. The van der Waals surface area contributed by atoms with Crippen LogP contribution < -0.4 is 15.6 Å². The van der Waals surface area contributed by atoms with Crippen LogP contribution in [0.15, 0.2) is 71.5 Å². The molecule has 1 saturated heterocycles. The Hall–Kier alpha value is -3.68. The molecule has 2 N–H and O–H groups in total. The van der Waals surface area contributed by atoms with Crippen LogP contribution in [-0.2, 0) is 0 Å². The van der Waals surface area contributed by atoms with E-state index in [9.17, 15) is 9.59 Å². The molecule has 1 aliphatic heterocycles. The summed E-state index contributed by atoms with van der Waals surface area (Å²) in [5.74, 6) is -0.243. The number of carbonyl (C=O) groups is 1. The number of aromatic nitrogens is 1. The molecule has 0 aliphatic carbocycles. The molecule has 0 radical (unpaired) electrons. The Labute approximate surface area is 205 Å². The molecule has 5 rings (SSSR count). The van der Waals surface area contributed by atoms with Crippen molar-refractivity contribution < 1.29 is 4.79 Å². The molecular weight excluding hydrogens is 438 g/mol. The minimum absolute atomic E-state index is 0.0734. The van der Waals surface area contributed by atoms with Crippen LogP contribution in [0.4, 0.5) is 11.4 Å². The summed E-state index contributed by atoms with van der Waals surface area (Å²) in [7, 11) is 4.21. The number of hydrogen-bond acceptors (Lipinski definition) is 5. The third-order valence-electron chi connectivity index (χ3n) is 6.69. The number of aromatic amines is 1. The lowest BCUT2D eigenvalue weighted by Crippen LogP contribution is -2.48. The number of hydrogen-bond donors (Lipinski definition) is 2. The summed E-state index contributed by atoms with van der Waals surface area (Å²) >= 11 is 0. The van der Waals surface area contributed by atoms with Gasteiger partial charge in [-0.2, -0.15) is 0 Å². The lowest BCUT2D eigenvalue weighted by atomic mass is 10.1. The summed E-state index contributed by atoms with van der Waals surface area (Å²) in [5, 5.41) is 4.16. The second-order valence-corrected chi connectivity index (χ2v) is 9.36. The van der Waals surface area contributed by atoms with Crippen molar-refractivity contribution in [3.63, 3.8) is 0 Å². The van der Waals surface area contributed by atoms with Crippen LogP contribution >= 0.6 is 0 Å². The number of piperazine rings is 1. The molecule has 3 aromatic carbocycles. The minimum Gasteiger partial charge on any atom is -0.369 e. The lowest BCUT2D eigenvalue weighted by molar-refractivity contribution is 0.102. The number of fused-ring (bicyclic) bond motifs is 2. The largest absolute Gasteiger partial charge is 0.369 e. The normalized spacial score (nSPS) is 14.7. The molecule has 35 heavy (non-hydrogen) atoms. The molecule has 0 saturated carbocycles.